The third-order valence-electron chi connectivity index (χ3n) is 4.03. The van der Waals surface area contributed by atoms with Gasteiger partial charge in [0.15, 0.2) is 0 Å². The van der Waals surface area contributed by atoms with Crippen molar-refractivity contribution in [3.8, 4) is 0 Å². The molecule has 0 spiro atoms. The van der Waals surface area contributed by atoms with Gasteiger partial charge in [0.25, 0.3) is 0 Å². The Labute approximate surface area is 64.0 Å². The largest absolute Gasteiger partial charge is 0.0654 e. The summed E-state index contributed by atoms with van der Waals surface area (Å²) in [4.78, 5) is 0. The zero-order valence-electron chi connectivity index (χ0n) is 7.41. The fourth-order valence-corrected chi connectivity index (χ4v) is 3.26. The Hall–Kier alpha value is 0. The van der Waals surface area contributed by atoms with Crippen molar-refractivity contribution in [2.45, 2.75) is 46.5 Å². The van der Waals surface area contributed by atoms with Crippen molar-refractivity contribution in [3.05, 3.63) is 0 Å². The molecule has 2 saturated carbocycles. The fourth-order valence-electron chi connectivity index (χ4n) is 3.26. The van der Waals surface area contributed by atoms with Gasteiger partial charge in [-0.3, -0.25) is 0 Å². The zero-order valence-corrected chi connectivity index (χ0v) is 7.41. The van der Waals surface area contributed by atoms with Crippen LogP contribution in [-0.4, -0.2) is 0 Å². The number of rotatable bonds is 2. The predicted octanol–water partition coefficient (Wildman–Crippen LogP) is 3.22. The molecule has 2 aliphatic carbocycles. The fraction of sp³-hybridized carbons (Fsp3) is 1.00. The monoisotopic (exact) mass is 138 g/mol. The quantitative estimate of drug-likeness (QED) is 0.549. The van der Waals surface area contributed by atoms with E-state index in [9.17, 15) is 0 Å². The van der Waals surface area contributed by atoms with E-state index in [2.05, 4.69) is 20.8 Å². The number of hydrogen-bond acceptors (Lipinski definition) is 0. The Morgan fingerprint density at radius 3 is 2.20 bits per heavy atom. The van der Waals surface area contributed by atoms with Crippen LogP contribution in [0.1, 0.15) is 46.5 Å². The molecule has 0 saturated heterocycles. The molecular weight excluding hydrogens is 120 g/mol. The van der Waals surface area contributed by atoms with Crippen LogP contribution in [0.2, 0.25) is 0 Å². The molecule has 0 amide bonds. The summed E-state index contributed by atoms with van der Waals surface area (Å²) in [7, 11) is 0. The van der Waals surface area contributed by atoms with Crippen molar-refractivity contribution >= 4 is 0 Å². The first-order valence-electron chi connectivity index (χ1n) is 4.62. The van der Waals surface area contributed by atoms with E-state index in [1.54, 1.807) is 6.42 Å². The summed E-state index contributed by atoms with van der Waals surface area (Å²) < 4.78 is 0. The van der Waals surface area contributed by atoms with Crippen molar-refractivity contribution in [1.82, 2.24) is 0 Å². The maximum Gasteiger partial charge on any atom is -0.0215 e. The second kappa shape index (κ2) is 1.60. The molecule has 0 heteroatoms. The molecule has 0 aromatic carbocycles. The summed E-state index contributed by atoms with van der Waals surface area (Å²) >= 11 is 0. The van der Waals surface area contributed by atoms with Gasteiger partial charge in [-0.1, -0.05) is 27.2 Å². The number of fused-ring (bicyclic) bond motifs is 1. The van der Waals surface area contributed by atoms with Crippen LogP contribution < -0.4 is 0 Å². The number of hydrogen-bond donors (Lipinski definition) is 0. The van der Waals surface area contributed by atoms with Gasteiger partial charge in [-0.15, -0.1) is 0 Å². The molecule has 2 atom stereocenters. The first-order valence-corrected chi connectivity index (χ1v) is 4.62. The highest BCUT2D eigenvalue weighted by molar-refractivity contribution is 5.19. The Morgan fingerprint density at radius 2 is 2.00 bits per heavy atom. The molecule has 10 heavy (non-hydrogen) atoms. The smallest absolute Gasteiger partial charge is 0.0215 e. The molecule has 2 aliphatic rings. The Morgan fingerprint density at radius 1 is 1.30 bits per heavy atom. The average Bonchev–Trinajstić information content (AvgIpc) is 2.40. The van der Waals surface area contributed by atoms with Crippen LogP contribution in [-0.2, 0) is 0 Å². The molecule has 2 rings (SSSR count). The van der Waals surface area contributed by atoms with Crippen LogP contribution in [0.5, 0.6) is 0 Å². The molecule has 0 aliphatic heterocycles. The van der Waals surface area contributed by atoms with Gasteiger partial charge < -0.3 is 0 Å². The maximum atomic E-state index is 2.45. The highest BCUT2D eigenvalue weighted by atomic mass is 14.7. The van der Waals surface area contributed by atoms with E-state index >= 15 is 0 Å². The van der Waals surface area contributed by atoms with Gasteiger partial charge in [0.2, 0.25) is 0 Å². The molecule has 0 radical (unpaired) electrons. The maximum absolute atomic E-state index is 2.45. The normalized spacial score (nSPS) is 47.7. The minimum Gasteiger partial charge on any atom is -0.0654 e. The van der Waals surface area contributed by atoms with E-state index in [1.807, 2.05) is 0 Å². The SMILES string of the molecule is CCCC12CC1CC2(C)C. The minimum absolute atomic E-state index is 0.702. The van der Waals surface area contributed by atoms with Gasteiger partial charge in [0.05, 0.1) is 0 Å². The Kier molecular flexibility index (Phi) is 1.07. The molecule has 0 aromatic rings. The standard InChI is InChI=1S/C10H18/c1-4-5-10-7-8(10)6-9(10,2)3/h8H,4-7H2,1-3H3. The van der Waals surface area contributed by atoms with Crippen LogP contribution in [0.15, 0.2) is 0 Å². The van der Waals surface area contributed by atoms with Crippen molar-refractivity contribution in [2.24, 2.45) is 16.7 Å². The summed E-state index contributed by atoms with van der Waals surface area (Å²) in [5.41, 5.74) is 1.54. The van der Waals surface area contributed by atoms with Crippen molar-refractivity contribution in [1.29, 1.82) is 0 Å². The van der Waals surface area contributed by atoms with Gasteiger partial charge in [-0.2, -0.15) is 0 Å². The van der Waals surface area contributed by atoms with E-state index in [4.69, 9.17) is 0 Å². The topological polar surface area (TPSA) is 0 Å². The summed E-state index contributed by atoms with van der Waals surface area (Å²) in [6.07, 6.45) is 5.94. The Bertz CT molecular complexity index is 157. The van der Waals surface area contributed by atoms with Crippen LogP contribution in [0.3, 0.4) is 0 Å². The lowest BCUT2D eigenvalue weighted by molar-refractivity contribution is 0.0460. The van der Waals surface area contributed by atoms with Crippen LogP contribution in [0.4, 0.5) is 0 Å². The van der Waals surface area contributed by atoms with Gasteiger partial charge in [0, 0.05) is 0 Å². The summed E-state index contributed by atoms with van der Waals surface area (Å²) in [6.45, 7) is 7.22. The molecule has 0 N–H and O–H groups in total. The van der Waals surface area contributed by atoms with Crippen molar-refractivity contribution in [2.75, 3.05) is 0 Å². The van der Waals surface area contributed by atoms with Gasteiger partial charge in [-0.25, -0.2) is 0 Å². The molecule has 2 unspecified atom stereocenters. The lowest BCUT2D eigenvalue weighted by Crippen LogP contribution is -2.36. The van der Waals surface area contributed by atoms with Crippen molar-refractivity contribution in [3.63, 3.8) is 0 Å². The molecule has 0 heterocycles. The predicted molar refractivity (Wildman–Crippen MR) is 43.8 cm³/mol. The second-order valence-corrected chi connectivity index (χ2v) is 4.90. The molecule has 0 aromatic heterocycles. The first kappa shape index (κ1) is 6.69. The van der Waals surface area contributed by atoms with E-state index in [0.29, 0.717) is 5.41 Å². The van der Waals surface area contributed by atoms with E-state index in [-0.39, 0.29) is 0 Å². The average molecular weight is 138 g/mol. The van der Waals surface area contributed by atoms with E-state index in [1.165, 1.54) is 19.3 Å². The third-order valence-corrected chi connectivity index (χ3v) is 4.03. The minimum atomic E-state index is 0.702. The lowest BCUT2D eigenvalue weighted by Gasteiger charge is -2.44. The molecular formula is C10H18. The van der Waals surface area contributed by atoms with Crippen LogP contribution in [0, 0.1) is 16.7 Å². The highest BCUT2D eigenvalue weighted by Gasteiger charge is 2.70. The van der Waals surface area contributed by atoms with Gasteiger partial charge >= 0.3 is 0 Å². The third kappa shape index (κ3) is 0.538. The van der Waals surface area contributed by atoms with Gasteiger partial charge in [-0.05, 0) is 36.0 Å². The highest BCUT2D eigenvalue weighted by Crippen LogP contribution is 2.79. The zero-order chi connectivity index (χ0) is 7.41. The van der Waals surface area contributed by atoms with Crippen molar-refractivity contribution < 1.29 is 0 Å². The second-order valence-electron chi connectivity index (χ2n) is 4.90. The van der Waals surface area contributed by atoms with Gasteiger partial charge in [0.1, 0.15) is 0 Å². The van der Waals surface area contributed by atoms with Crippen LogP contribution >= 0.6 is 0 Å². The Balaban J connectivity index is 2.06. The molecule has 2 fully saturated rings. The molecule has 58 valence electrons. The lowest BCUT2D eigenvalue weighted by atomic mass is 9.60. The summed E-state index contributed by atoms with van der Waals surface area (Å²) in [6, 6.07) is 0. The molecule has 0 nitrogen and oxygen atoms in total. The molecule has 0 bridgehead atoms. The summed E-state index contributed by atoms with van der Waals surface area (Å²) in [5, 5.41) is 0. The summed E-state index contributed by atoms with van der Waals surface area (Å²) in [5.74, 6) is 1.14. The first-order chi connectivity index (χ1) is 4.62. The van der Waals surface area contributed by atoms with E-state index in [0.717, 1.165) is 11.3 Å². The van der Waals surface area contributed by atoms with E-state index < -0.39 is 0 Å². The van der Waals surface area contributed by atoms with Crippen LogP contribution in [0.25, 0.3) is 0 Å².